The van der Waals surface area contributed by atoms with Crippen LogP contribution in [0.25, 0.3) is 0 Å². The van der Waals surface area contributed by atoms with Crippen LogP contribution in [0.5, 0.6) is 0 Å². The Morgan fingerprint density at radius 1 is 1.39 bits per heavy atom. The maximum Gasteiger partial charge on any atom is 0.311 e. The zero-order valence-electron chi connectivity index (χ0n) is 10.4. The summed E-state index contributed by atoms with van der Waals surface area (Å²) in [6.07, 6.45) is 0. The Morgan fingerprint density at radius 2 is 2.06 bits per heavy atom. The first kappa shape index (κ1) is 13.7. The molecule has 1 rings (SSSR count). The predicted octanol–water partition coefficient (Wildman–Crippen LogP) is 0.593. The molecule has 0 heterocycles. The van der Waals surface area contributed by atoms with Crippen LogP contribution in [0.1, 0.15) is 11.1 Å². The number of rotatable bonds is 3. The fourth-order valence-electron chi connectivity index (χ4n) is 1.48. The molecule has 1 aromatic carbocycles. The van der Waals surface area contributed by atoms with Gasteiger partial charge in [0.05, 0.1) is 6.07 Å². The van der Waals surface area contributed by atoms with Gasteiger partial charge in [-0.05, 0) is 18.1 Å². The van der Waals surface area contributed by atoms with E-state index in [1.165, 1.54) is 4.90 Å². The molecule has 5 heteroatoms. The average molecular weight is 245 g/mol. The van der Waals surface area contributed by atoms with Crippen molar-refractivity contribution in [2.24, 2.45) is 0 Å². The molecule has 94 valence electrons. The lowest BCUT2D eigenvalue weighted by atomic mass is 10.1. The van der Waals surface area contributed by atoms with E-state index in [1.807, 2.05) is 31.2 Å². The second-order valence-corrected chi connectivity index (χ2v) is 3.93. The molecule has 0 fully saturated rings. The minimum atomic E-state index is -0.757. The Morgan fingerprint density at radius 3 is 2.67 bits per heavy atom. The highest BCUT2D eigenvalue weighted by molar-refractivity contribution is 6.34. The predicted molar refractivity (Wildman–Crippen MR) is 66.3 cm³/mol. The SMILES string of the molecule is Cc1ccccc1CN(C)C(=O)C(=O)NCC#N. The number of hydrogen-bond donors (Lipinski definition) is 1. The molecule has 0 aliphatic carbocycles. The van der Waals surface area contributed by atoms with E-state index in [-0.39, 0.29) is 6.54 Å². The second-order valence-electron chi connectivity index (χ2n) is 3.93. The number of hydrogen-bond acceptors (Lipinski definition) is 3. The topological polar surface area (TPSA) is 73.2 Å². The van der Waals surface area contributed by atoms with Crippen molar-refractivity contribution in [2.45, 2.75) is 13.5 Å². The first-order chi connectivity index (χ1) is 8.56. The molecule has 1 N–H and O–H groups in total. The third-order valence-electron chi connectivity index (χ3n) is 2.54. The lowest BCUT2D eigenvalue weighted by molar-refractivity contribution is -0.145. The molecule has 2 amide bonds. The molecule has 0 radical (unpaired) electrons. The van der Waals surface area contributed by atoms with Gasteiger partial charge < -0.3 is 10.2 Å². The van der Waals surface area contributed by atoms with Gasteiger partial charge in [-0.1, -0.05) is 24.3 Å². The van der Waals surface area contributed by atoms with Crippen LogP contribution in [0.15, 0.2) is 24.3 Å². The number of carbonyl (C=O) groups is 2. The summed E-state index contributed by atoms with van der Waals surface area (Å²) in [6.45, 7) is 2.15. The summed E-state index contributed by atoms with van der Waals surface area (Å²) in [5, 5.41) is 10.5. The smallest absolute Gasteiger partial charge is 0.311 e. The summed E-state index contributed by atoms with van der Waals surface area (Å²) in [7, 11) is 1.56. The molecule has 1 aromatic rings. The number of carbonyl (C=O) groups excluding carboxylic acids is 2. The van der Waals surface area contributed by atoms with E-state index >= 15 is 0 Å². The van der Waals surface area contributed by atoms with Crippen molar-refractivity contribution in [3.05, 3.63) is 35.4 Å². The number of nitriles is 1. The lowest BCUT2D eigenvalue weighted by Gasteiger charge is -2.17. The number of nitrogens with zero attached hydrogens (tertiary/aromatic N) is 2. The number of likely N-dealkylation sites (N-methyl/N-ethyl adjacent to an activating group) is 1. The molecule has 0 atom stereocenters. The summed E-state index contributed by atoms with van der Waals surface area (Å²) in [5.41, 5.74) is 2.05. The van der Waals surface area contributed by atoms with E-state index in [4.69, 9.17) is 5.26 Å². The normalized spacial score (nSPS) is 9.39. The van der Waals surface area contributed by atoms with Crippen molar-refractivity contribution in [1.29, 1.82) is 5.26 Å². The first-order valence-electron chi connectivity index (χ1n) is 5.51. The molecule has 0 spiro atoms. The summed E-state index contributed by atoms with van der Waals surface area (Å²) in [4.78, 5) is 24.4. The molecule has 0 saturated carbocycles. The summed E-state index contributed by atoms with van der Waals surface area (Å²) in [5.74, 6) is -1.40. The number of aryl methyl sites for hydroxylation is 1. The van der Waals surface area contributed by atoms with Gasteiger partial charge in [-0.2, -0.15) is 5.26 Å². The standard InChI is InChI=1S/C13H15N3O2/c1-10-5-3-4-6-11(10)9-16(2)13(18)12(17)15-8-7-14/h3-6H,8-9H2,1-2H3,(H,15,17). The number of amides is 2. The molecule has 0 aromatic heterocycles. The average Bonchev–Trinajstić information content (AvgIpc) is 2.37. The van der Waals surface area contributed by atoms with Gasteiger partial charge in [0, 0.05) is 13.6 Å². The Balaban J connectivity index is 2.63. The highest BCUT2D eigenvalue weighted by Gasteiger charge is 2.18. The third kappa shape index (κ3) is 3.59. The lowest BCUT2D eigenvalue weighted by Crippen LogP contribution is -2.40. The van der Waals surface area contributed by atoms with Crippen LogP contribution in [-0.2, 0) is 16.1 Å². The van der Waals surface area contributed by atoms with Crippen molar-refractivity contribution in [3.63, 3.8) is 0 Å². The summed E-state index contributed by atoms with van der Waals surface area (Å²) < 4.78 is 0. The molecular weight excluding hydrogens is 230 g/mol. The Hall–Kier alpha value is -2.35. The van der Waals surface area contributed by atoms with Crippen LogP contribution in [0.2, 0.25) is 0 Å². The first-order valence-corrected chi connectivity index (χ1v) is 5.51. The van der Waals surface area contributed by atoms with Crippen LogP contribution in [-0.4, -0.2) is 30.3 Å². The third-order valence-corrected chi connectivity index (χ3v) is 2.54. The Bertz CT molecular complexity index is 491. The van der Waals surface area contributed by atoms with Gasteiger partial charge in [-0.25, -0.2) is 0 Å². The largest absolute Gasteiger partial charge is 0.335 e. The van der Waals surface area contributed by atoms with Crippen LogP contribution in [0.4, 0.5) is 0 Å². The van der Waals surface area contributed by atoms with Gasteiger partial charge in [-0.3, -0.25) is 9.59 Å². The van der Waals surface area contributed by atoms with Gasteiger partial charge in [0.2, 0.25) is 0 Å². The van der Waals surface area contributed by atoms with Gasteiger partial charge in [0.15, 0.2) is 0 Å². The van der Waals surface area contributed by atoms with Crippen molar-refractivity contribution < 1.29 is 9.59 Å². The van der Waals surface area contributed by atoms with E-state index in [2.05, 4.69) is 5.32 Å². The fraction of sp³-hybridized carbons (Fsp3) is 0.308. The summed E-state index contributed by atoms with van der Waals surface area (Å²) in [6, 6.07) is 9.41. The Labute approximate surface area is 106 Å². The van der Waals surface area contributed by atoms with Crippen LogP contribution >= 0.6 is 0 Å². The van der Waals surface area contributed by atoms with E-state index in [0.29, 0.717) is 6.54 Å². The number of benzene rings is 1. The van der Waals surface area contributed by atoms with E-state index < -0.39 is 11.8 Å². The minimum Gasteiger partial charge on any atom is -0.335 e. The van der Waals surface area contributed by atoms with Crippen molar-refractivity contribution in [1.82, 2.24) is 10.2 Å². The molecular formula is C13H15N3O2. The second kappa shape index (κ2) is 6.40. The van der Waals surface area contributed by atoms with Gasteiger partial charge in [0.25, 0.3) is 0 Å². The van der Waals surface area contributed by atoms with Crippen LogP contribution < -0.4 is 5.32 Å². The molecule has 0 unspecified atom stereocenters. The van der Waals surface area contributed by atoms with Gasteiger partial charge >= 0.3 is 11.8 Å². The molecule has 18 heavy (non-hydrogen) atoms. The molecule has 0 saturated heterocycles. The molecule has 5 nitrogen and oxygen atoms in total. The molecule has 0 aliphatic rings. The minimum absolute atomic E-state index is 0.164. The highest BCUT2D eigenvalue weighted by atomic mass is 16.2. The quantitative estimate of drug-likeness (QED) is 0.625. The maximum atomic E-state index is 11.7. The van der Waals surface area contributed by atoms with Crippen molar-refractivity contribution in [3.8, 4) is 6.07 Å². The van der Waals surface area contributed by atoms with E-state index in [1.54, 1.807) is 13.1 Å². The van der Waals surface area contributed by atoms with E-state index in [9.17, 15) is 9.59 Å². The van der Waals surface area contributed by atoms with Crippen molar-refractivity contribution >= 4 is 11.8 Å². The van der Waals surface area contributed by atoms with Crippen LogP contribution in [0.3, 0.4) is 0 Å². The van der Waals surface area contributed by atoms with Gasteiger partial charge in [-0.15, -0.1) is 0 Å². The maximum absolute atomic E-state index is 11.7. The van der Waals surface area contributed by atoms with Crippen LogP contribution in [0, 0.1) is 18.3 Å². The monoisotopic (exact) mass is 245 g/mol. The fourth-order valence-corrected chi connectivity index (χ4v) is 1.48. The highest BCUT2D eigenvalue weighted by Crippen LogP contribution is 2.09. The zero-order chi connectivity index (χ0) is 13.5. The summed E-state index contributed by atoms with van der Waals surface area (Å²) >= 11 is 0. The molecule has 0 bridgehead atoms. The molecule has 0 aliphatic heterocycles. The Kier molecular flexibility index (Phi) is 4.88. The number of nitrogens with one attached hydrogen (secondary N) is 1. The van der Waals surface area contributed by atoms with Gasteiger partial charge in [0.1, 0.15) is 6.54 Å². The van der Waals surface area contributed by atoms with E-state index in [0.717, 1.165) is 11.1 Å². The zero-order valence-corrected chi connectivity index (χ0v) is 10.4. The van der Waals surface area contributed by atoms with Crippen molar-refractivity contribution in [2.75, 3.05) is 13.6 Å².